The van der Waals surface area contributed by atoms with Crippen molar-refractivity contribution in [1.82, 2.24) is 0 Å². The number of primary amides is 1. The molecule has 5 heteroatoms. The molecule has 0 saturated carbocycles. The Bertz CT molecular complexity index is 492. The predicted octanol–water partition coefficient (Wildman–Crippen LogP) is 0.595. The second-order valence-corrected chi connectivity index (χ2v) is 4.10. The number of anilines is 2. The molecule has 1 aliphatic heterocycles. The Morgan fingerprint density at radius 3 is 2.94 bits per heavy atom. The highest BCUT2D eigenvalue weighted by atomic mass is 16.1. The maximum absolute atomic E-state index is 11.3. The molecule has 0 aromatic heterocycles. The molecule has 1 fully saturated rings. The molecule has 1 aromatic carbocycles. The number of nitriles is 1. The zero-order valence-electron chi connectivity index (χ0n) is 9.39. The molecule has 0 aliphatic carbocycles. The molecule has 0 spiro atoms. The molecule has 2 rings (SSSR count). The number of hydrogen-bond donors (Lipinski definition) is 2. The molecule has 0 radical (unpaired) electrons. The van der Waals surface area contributed by atoms with Gasteiger partial charge in [-0.05, 0) is 25.0 Å². The molecule has 1 heterocycles. The first kappa shape index (κ1) is 11.3. The van der Waals surface area contributed by atoms with Gasteiger partial charge < -0.3 is 16.4 Å². The number of nitrogens with two attached hydrogens (primary N) is 2. The molecule has 0 bridgehead atoms. The average molecular weight is 230 g/mol. The van der Waals surface area contributed by atoms with Crippen molar-refractivity contribution in [2.45, 2.75) is 18.9 Å². The lowest BCUT2D eigenvalue weighted by molar-refractivity contribution is -0.119. The Kier molecular flexibility index (Phi) is 2.88. The molecular formula is C12H14N4O. The van der Waals surface area contributed by atoms with Gasteiger partial charge in [0.2, 0.25) is 5.91 Å². The van der Waals surface area contributed by atoms with Crippen LogP contribution in [0.3, 0.4) is 0 Å². The summed E-state index contributed by atoms with van der Waals surface area (Å²) >= 11 is 0. The van der Waals surface area contributed by atoms with Gasteiger partial charge in [0.1, 0.15) is 12.1 Å². The lowest BCUT2D eigenvalue weighted by atomic mass is 10.1. The van der Waals surface area contributed by atoms with E-state index in [1.165, 1.54) is 0 Å². The summed E-state index contributed by atoms with van der Waals surface area (Å²) in [6.45, 7) is 0.743. The van der Waals surface area contributed by atoms with Crippen LogP contribution >= 0.6 is 0 Å². The lowest BCUT2D eigenvalue weighted by Crippen LogP contribution is -2.40. The summed E-state index contributed by atoms with van der Waals surface area (Å²) in [5, 5.41) is 8.92. The third-order valence-electron chi connectivity index (χ3n) is 3.09. The monoisotopic (exact) mass is 230 g/mol. The van der Waals surface area contributed by atoms with Crippen LogP contribution in [0, 0.1) is 11.3 Å². The van der Waals surface area contributed by atoms with E-state index in [2.05, 4.69) is 0 Å². The van der Waals surface area contributed by atoms with Crippen molar-refractivity contribution in [2.75, 3.05) is 17.2 Å². The Morgan fingerprint density at radius 2 is 2.29 bits per heavy atom. The van der Waals surface area contributed by atoms with Crippen molar-refractivity contribution >= 4 is 17.3 Å². The number of benzene rings is 1. The molecule has 4 N–H and O–H groups in total. The predicted molar refractivity (Wildman–Crippen MR) is 65.1 cm³/mol. The van der Waals surface area contributed by atoms with Crippen molar-refractivity contribution in [2.24, 2.45) is 5.73 Å². The smallest absolute Gasteiger partial charge is 0.240 e. The van der Waals surface area contributed by atoms with E-state index in [1.54, 1.807) is 12.1 Å². The van der Waals surface area contributed by atoms with Crippen LogP contribution in [0.4, 0.5) is 11.4 Å². The van der Waals surface area contributed by atoms with Gasteiger partial charge in [-0.25, -0.2) is 0 Å². The van der Waals surface area contributed by atoms with E-state index < -0.39 is 0 Å². The first-order valence-electron chi connectivity index (χ1n) is 5.49. The largest absolute Gasteiger partial charge is 0.396 e. The zero-order chi connectivity index (χ0) is 12.4. The van der Waals surface area contributed by atoms with Crippen LogP contribution < -0.4 is 16.4 Å². The normalized spacial score (nSPS) is 19.0. The fourth-order valence-corrected chi connectivity index (χ4v) is 2.25. The van der Waals surface area contributed by atoms with E-state index in [-0.39, 0.29) is 11.9 Å². The highest BCUT2D eigenvalue weighted by molar-refractivity contribution is 5.86. The van der Waals surface area contributed by atoms with E-state index in [4.69, 9.17) is 16.7 Å². The molecule has 1 aliphatic rings. The third-order valence-corrected chi connectivity index (χ3v) is 3.09. The molecule has 1 aromatic rings. The standard InChI is InChI=1S/C12H14N4O/c13-7-8-3-1-4-9(11(8)14)16-6-2-5-10(16)12(15)17/h1,3-4,10H,2,5-6,14H2,(H2,15,17). The number of nitrogen functional groups attached to an aromatic ring is 1. The van der Waals surface area contributed by atoms with Gasteiger partial charge in [-0.3, -0.25) is 4.79 Å². The molecule has 5 nitrogen and oxygen atoms in total. The maximum atomic E-state index is 11.3. The molecule has 1 saturated heterocycles. The highest BCUT2D eigenvalue weighted by Crippen LogP contribution is 2.32. The summed E-state index contributed by atoms with van der Waals surface area (Å²) in [5.41, 5.74) is 12.9. The Hall–Kier alpha value is -2.22. The lowest BCUT2D eigenvalue weighted by Gasteiger charge is -2.25. The average Bonchev–Trinajstić information content (AvgIpc) is 2.78. The maximum Gasteiger partial charge on any atom is 0.240 e. The summed E-state index contributed by atoms with van der Waals surface area (Å²) in [4.78, 5) is 13.2. The SMILES string of the molecule is N#Cc1cccc(N2CCCC2C(N)=O)c1N. The molecule has 1 unspecified atom stereocenters. The van der Waals surface area contributed by atoms with Crippen molar-refractivity contribution in [1.29, 1.82) is 5.26 Å². The second-order valence-electron chi connectivity index (χ2n) is 4.10. The fourth-order valence-electron chi connectivity index (χ4n) is 2.25. The van der Waals surface area contributed by atoms with Crippen LogP contribution in [0.1, 0.15) is 18.4 Å². The summed E-state index contributed by atoms with van der Waals surface area (Å²) in [5.74, 6) is -0.343. The summed E-state index contributed by atoms with van der Waals surface area (Å²) in [7, 11) is 0. The van der Waals surface area contributed by atoms with Crippen LogP contribution in [0.5, 0.6) is 0 Å². The number of carbonyl (C=O) groups excluding carboxylic acids is 1. The Balaban J connectivity index is 2.41. The molecule has 17 heavy (non-hydrogen) atoms. The van der Waals surface area contributed by atoms with Gasteiger partial charge in [-0.2, -0.15) is 5.26 Å². The number of carbonyl (C=O) groups is 1. The molecule has 1 atom stereocenters. The molecule has 88 valence electrons. The Labute approximate surface area is 99.6 Å². The van der Waals surface area contributed by atoms with Crippen molar-refractivity contribution in [3.63, 3.8) is 0 Å². The second kappa shape index (κ2) is 4.34. The quantitative estimate of drug-likeness (QED) is 0.727. The minimum atomic E-state index is -0.343. The summed E-state index contributed by atoms with van der Waals surface area (Å²) < 4.78 is 0. The third kappa shape index (κ3) is 1.89. The van der Waals surface area contributed by atoms with E-state index in [0.717, 1.165) is 25.1 Å². The van der Waals surface area contributed by atoms with Crippen molar-refractivity contribution in [3.8, 4) is 6.07 Å². The van der Waals surface area contributed by atoms with Gasteiger partial charge in [0.25, 0.3) is 0 Å². The van der Waals surface area contributed by atoms with Gasteiger partial charge in [0.05, 0.1) is 16.9 Å². The van der Waals surface area contributed by atoms with Crippen LogP contribution in [-0.2, 0) is 4.79 Å². The van der Waals surface area contributed by atoms with Crippen molar-refractivity contribution < 1.29 is 4.79 Å². The van der Waals surface area contributed by atoms with Crippen LogP contribution in [-0.4, -0.2) is 18.5 Å². The number of hydrogen-bond acceptors (Lipinski definition) is 4. The van der Waals surface area contributed by atoms with E-state index in [9.17, 15) is 4.79 Å². The van der Waals surface area contributed by atoms with Gasteiger partial charge in [0.15, 0.2) is 0 Å². The van der Waals surface area contributed by atoms with E-state index in [1.807, 2.05) is 17.0 Å². The van der Waals surface area contributed by atoms with Crippen LogP contribution in [0.2, 0.25) is 0 Å². The fraction of sp³-hybridized carbons (Fsp3) is 0.333. The topological polar surface area (TPSA) is 96.1 Å². The van der Waals surface area contributed by atoms with E-state index in [0.29, 0.717) is 11.3 Å². The number of nitrogens with zero attached hydrogens (tertiary/aromatic N) is 2. The van der Waals surface area contributed by atoms with Gasteiger partial charge in [-0.1, -0.05) is 6.07 Å². The van der Waals surface area contributed by atoms with Gasteiger partial charge in [0, 0.05) is 6.54 Å². The summed E-state index contributed by atoms with van der Waals surface area (Å²) in [6.07, 6.45) is 1.65. The number of para-hydroxylation sites is 1. The molecular weight excluding hydrogens is 216 g/mol. The Morgan fingerprint density at radius 1 is 1.53 bits per heavy atom. The van der Waals surface area contributed by atoms with E-state index >= 15 is 0 Å². The van der Waals surface area contributed by atoms with Crippen LogP contribution in [0.15, 0.2) is 18.2 Å². The van der Waals surface area contributed by atoms with Gasteiger partial charge in [-0.15, -0.1) is 0 Å². The van der Waals surface area contributed by atoms with Crippen LogP contribution in [0.25, 0.3) is 0 Å². The minimum Gasteiger partial charge on any atom is -0.396 e. The highest BCUT2D eigenvalue weighted by Gasteiger charge is 2.30. The molecule has 1 amide bonds. The minimum absolute atomic E-state index is 0.314. The van der Waals surface area contributed by atoms with Gasteiger partial charge >= 0.3 is 0 Å². The number of amides is 1. The van der Waals surface area contributed by atoms with Crippen molar-refractivity contribution in [3.05, 3.63) is 23.8 Å². The first-order valence-corrected chi connectivity index (χ1v) is 5.49. The number of rotatable bonds is 2. The first-order chi connectivity index (χ1) is 8.15. The summed E-state index contributed by atoms with van der Waals surface area (Å²) in [6, 6.07) is 6.96. The zero-order valence-corrected chi connectivity index (χ0v) is 9.39.